The van der Waals surface area contributed by atoms with E-state index in [0.29, 0.717) is 17.9 Å². The number of hydrogen-bond donors (Lipinski definition) is 0. The van der Waals surface area contributed by atoms with Gasteiger partial charge < -0.3 is 9.64 Å². The number of rotatable bonds is 6. The molecule has 1 heterocycles. The van der Waals surface area contributed by atoms with Gasteiger partial charge in [0, 0.05) is 30.5 Å². The van der Waals surface area contributed by atoms with Crippen molar-refractivity contribution in [3.63, 3.8) is 0 Å². The van der Waals surface area contributed by atoms with Gasteiger partial charge in [-0.15, -0.1) is 0 Å². The normalized spacial score (nSPS) is 15.8. The topological polar surface area (TPSA) is 62.2 Å². The second kappa shape index (κ2) is 9.09. The van der Waals surface area contributed by atoms with E-state index in [0.717, 1.165) is 22.6 Å². The summed E-state index contributed by atoms with van der Waals surface area (Å²) in [5, 5.41) is 6.65. The Bertz CT molecular complexity index is 944. The molecule has 3 rings (SSSR count). The maximum Gasteiger partial charge on any atom is 0.262 e. The van der Waals surface area contributed by atoms with Crippen LogP contribution in [0, 0.1) is 0 Å². The Morgan fingerprint density at radius 3 is 2.69 bits per heavy atom. The molecule has 0 aromatic heterocycles. The number of amides is 2. The number of benzene rings is 2. The van der Waals surface area contributed by atoms with Crippen LogP contribution in [0.4, 0.5) is 0 Å². The summed E-state index contributed by atoms with van der Waals surface area (Å²) in [4.78, 5) is 26.4. The van der Waals surface area contributed by atoms with Gasteiger partial charge >= 0.3 is 0 Å². The Labute approximate surface area is 175 Å². The molecular weight excluding hydrogens is 390 g/mol. The van der Waals surface area contributed by atoms with Crippen molar-refractivity contribution >= 4 is 29.1 Å². The summed E-state index contributed by atoms with van der Waals surface area (Å²) in [6.07, 6.45) is 0.865. The summed E-state index contributed by atoms with van der Waals surface area (Å²) in [5.41, 5.74) is 2.48. The third-order valence-corrected chi connectivity index (χ3v) is 5.28. The zero-order valence-electron chi connectivity index (χ0n) is 16.8. The number of carbonyl (C=O) groups is 2. The molecular formula is C22H24ClN3O3. The highest BCUT2D eigenvalue weighted by Gasteiger charge is 2.34. The molecule has 1 aliphatic heterocycles. The quantitative estimate of drug-likeness (QED) is 0.721. The van der Waals surface area contributed by atoms with E-state index in [4.69, 9.17) is 16.3 Å². The zero-order valence-corrected chi connectivity index (χ0v) is 17.5. The molecule has 0 saturated carbocycles. The Morgan fingerprint density at radius 2 is 2.00 bits per heavy atom. The van der Waals surface area contributed by atoms with Gasteiger partial charge in [-0.05, 0) is 23.8 Å². The molecule has 0 radical (unpaired) electrons. The summed E-state index contributed by atoms with van der Waals surface area (Å²) in [6.45, 7) is 1.73. The minimum absolute atomic E-state index is 0.0392. The minimum Gasteiger partial charge on any atom is -0.497 e. The summed E-state index contributed by atoms with van der Waals surface area (Å²) in [7, 11) is 3.23. The van der Waals surface area contributed by atoms with Gasteiger partial charge in [0.1, 0.15) is 12.3 Å². The molecule has 0 spiro atoms. The third kappa shape index (κ3) is 4.59. The largest absolute Gasteiger partial charge is 0.497 e. The van der Waals surface area contributed by atoms with Crippen LogP contribution in [0.25, 0.3) is 0 Å². The van der Waals surface area contributed by atoms with Crippen LogP contribution >= 0.6 is 11.6 Å². The van der Waals surface area contributed by atoms with E-state index < -0.39 is 0 Å². The van der Waals surface area contributed by atoms with Crippen LogP contribution in [0.15, 0.2) is 53.6 Å². The molecule has 1 atom stereocenters. The van der Waals surface area contributed by atoms with Crippen LogP contribution in [-0.4, -0.2) is 48.1 Å². The summed E-state index contributed by atoms with van der Waals surface area (Å²) in [6, 6.07) is 14.7. The van der Waals surface area contributed by atoms with Crippen molar-refractivity contribution in [3.05, 3.63) is 64.7 Å². The molecule has 0 bridgehead atoms. The molecule has 2 amide bonds. The van der Waals surface area contributed by atoms with E-state index in [9.17, 15) is 9.59 Å². The monoisotopic (exact) mass is 413 g/mol. The molecule has 1 aliphatic rings. The van der Waals surface area contributed by atoms with Crippen LogP contribution < -0.4 is 4.74 Å². The Morgan fingerprint density at radius 1 is 1.24 bits per heavy atom. The molecule has 0 fully saturated rings. The fourth-order valence-corrected chi connectivity index (χ4v) is 3.60. The summed E-state index contributed by atoms with van der Waals surface area (Å²) >= 11 is 6.42. The molecule has 152 valence electrons. The Balaban J connectivity index is 1.94. The third-order valence-electron chi connectivity index (χ3n) is 4.93. The lowest BCUT2D eigenvalue weighted by atomic mass is 9.98. The first-order valence-electron chi connectivity index (χ1n) is 9.47. The highest BCUT2D eigenvalue weighted by atomic mass is 35.5. The molecule has 2 aromatic rings. The molecule has 0 unspecified atom stereocenters. The van der Waals surface area contributed by atoms with E-state index in [2.05, 4.69) is 5.10 Å². The molecule has 2 aromatic carbocycles. The van der Waals surface area contributed by atoms with E-state index in [1.165, 1.54) is 9.91 Å². The smallest absolute Gasteiger partial charge is 0.262 e. The van der Waals surface area contributed by atoms with Gasteiger partial charge in [0.15, 0.2) is 0 Å². The average Bonchev–Trinajstić information content (AvgIpc) is 3.18. The number of carbonyl (C=O) groups excluding carboxylic acids is 2. The van der Waals surface area contributed by atoms with Crippen molar-refractivity contribution in [2.45, 2.75) is 25.8 Å². The number of nitrogens with zero attached hydrogens (tertiary/aromatic N) is 3. The molecule has 0 N–H and O–H groups in total. The first-order valence-corrected chi connectivity index (χ1v) is 9.84. The number of likely N-dealkylation sites (N-methyl/N-ethyl adjacent to an activating group) is 1. The number of halogens is 1. The second-order valence-corrected chi connectivity index (χ2v) is 7.27. The predicted octanol–water partition coefficient (Wildman–Crippen LogP) is 3.89. The van der Waals surface area contributed by atoms with Gasteiger partial charge in [-0.2, -0.15) is 5.10 Å². The van der Waals surface area contributed by atoms with E-state index in [1.807, 2.05) is 42.5 Å². The molecule has 7 heteroatoms. The van der Waals surface area contributed by atoms with Crippen LogP contribution in [0.2, 0.25) is 5.02 Å². The number of hydrazone groups is 1. The van der Waals surface area contributed by atoms with Gasteiger partial charge in [0.25, 0.3) is 5.91 Å². The first kappa shape index (κ1) is 20.9. The molecule has 6 nitrogen and oxygen atoms in total. The minimum atomic E-state index is -0.331. The standard InChI is InChI=1S/C22H24ClN3O3/c1-4-21(27)25(2)14-22(28)26-20(17-10-5-6-11-18(17)23)13-19(24-26)15-8-7-9-16(12-15)29-3/h5-12,20H,4,13-14H2,1-3H3/t20-/m0/s1. The molecule has 0 aliphatic carbocycles. The highest BCUT2D eigenvalue weighted by Crippen LogP contribution is 2.36. The number of methoxy groups -OCH3 is 1. The lowest BCUT2D eigenvalue weighted by molar-refractivity contribution is -0.140. The van der Waals surface area contributed by atoms with Gasteiger partial charge in [-0.3, -0.25) is 9.59 Å². The van der Waals surface area contributed by atoms with Crippen molar-refractivity contribution in [1.82, 2.24) is 9.91 Å². The van der Waals surface area contributed by atoms with E-state index in [1.54, 1.807) is 27.1 Å². The molecule has 29 heavy (non-hydrogen) atoms. The fraction of sp³-hybridized carbons (Fsp3) is 0.318. The van der Waals surface area contributed by atoms with Crippen molar-refractivity contribution in [2.24, 2.45) is 5.10 Å². The maximum atomic E-state index is 13.0. The maximum absolute atomic E-state index is 13.0. The van der Waals surface area contributed by atoms with Crippen molar-refractivity contribution in [2.75, 3.05) is 20.7 Å². The van der Waals surface area contributed by atoms with Gasteiger partial charge in [-0.25, -0.2) is 5.01 Å². The van der Waals surface area contributed by atoms with Crippen LogP contribution in [0.1, 0.15) is 36.9 Å². The molecule has 0 saturated heterocycles. The summed E-state index contributed by atoms with van der Waals surface area (Å²) in [5.74, 6) is 0.374. The van der Waals surface area contributed by atoms with Crippen LogP contribution in [0.5, 0.6) is 5.75 Å². The highest BCUT2D eigenvalue weighted by molar-refractivity contribution is 6.31. The lowest BCUT2D eigenvalue weighted by Gasteiger charge is -2.25. The Hall–Kier alpha value is -2.86. The van der Waals surface area contributed by atoms with E-state index >= 15 is 0 Å². The van der Waals surface area contributed by atoms with E-state index in [-0.39, 0.29) is 24.4 Å². The van der Waals surface area contributed by atoms with Crippen LogP contribution in [-0.2, 0) is 9.59 Å². The van der Waals surface area contributed by atoms with Crippen LogP contribution in [0.3, 0.4) is 0 Å². The predicted molar refractivity (Wildman–Crippen MR) is 113 cm³/mol. The average molecular weight is 414 g/mol. The number of hydrogen-bond acceptors (Lipinski definition) is 4. The SMILES string of the molecule is CCC(=O)N(C)CC(=O)N1N=C(c2cccc(OC)c2)C[C@H]1c1ccccc1Cl. The van der Waals surface area contributed by atoms with Crippen molar-refractivity contribution in [3.8, 4) is 5.75 Å². The summed E-state index contributed by atoms with van der Waals surface area (Å²) < 4.78 is 5.31. The van der Waals surface area contributed by atoms with Gasteiger partial charge in [0.05, 0.1) is 18.9 Å². The fourth-order valence-electron chi connectivity index (χ4n) is 3.34. The van der Waals surface area contributed by atoms with Crippen molar-refractivity contribution in [1.29, 1.82) is 0 Å². The first-order chi connectivity index (χ1) is 13.9. The van der Waals surface area contributed by atoms with Crippen molar-refractivity contribution < 1.29 is 14.3 Å². The number of ether oxygens (including phenoxy) is 1. The Kier molecular flexibility index (Phi) is 6.54. The lowest BCUT2D eigenvalue weighted by Crippen LogP contribution is -2.39. The van der Waals surface area contributed by atoms with Gasteiger partial charge in [0.2, 0.25) is 5.91 Å². The zero-order chi connectivity index (χ0) is 21.0. The second-order valence-electron chi connectivity index (χ2n) is 6.86. The van der Waals surface area contributed by atoms with Gasteiger partial charge in [-0.1, -0.05) is 48.9 Å².